The van der Waals surface area contributed by atoms with E-state index in [1.165, 1.54) is 0 Å². The summed E-state index contributed by atoms with van der Waals surface area (Å²) in [5, 5.41) is -0.158. The highest BCUT2D eigenvalue weighted by Gasteiger charge is 2.13. The summed E-state index contributed by atoms with van der Waals surface area (Å²) in [6.07, 6.45) is 2.83. The SMILES string of the molecule is CC(CNS(=O)(=O)CCCCN)S(C)=O. The van der Waals surface area contributed by atoms with Crippen LogP contribution in [0.4, 0.5) is 0 Å². The van der Waals surface area contributed by atoms with Gasteiger partial charge in [-0.1, -0.05) is 0 Å². The number of nitrogens with two attached hydrogens (primary N) is 1. The molecule has 92 valence electrons. The first-order chi connectivity index (χ1) is 6.89. The van der Waals surface area contributed by atoms with Gasteiger partial charge in [0.2, 0.25) is 10.0 Å². The van der Waals surface area contributed by atoms with Crippen molar-refractivity contribution in [1.82, 2.24) is 4.72 Å². The van der Waals surface area contributed by atoms with Crippen molar-refractivity contribution in [1.29, 1.82) is 0 Å². The summed E-state index contributed by atoms with van der Waals surface area (Å²) in [4.78, 5) is 0. The summed E-state index contributed by atoms with van der Waals surface area (Å²) in [6, 6.07) is 0. The number of nitrogens with one attached hydrogen (secondary N) is 1. The van der Waals surface area contributed by atoms with Crippen LogP contribution < -0.4 is 10.5 Å². The first-order valence-electron chi connectivity index (χ1n) is 4.88. The van der Waals surface area contributed by atoms with Gasteiger partial charge in [0.25, 0.3) is 0 Å². The highest BCUT2D eigenvalue weighted by atomic mass is 32.2. The molecule has 0 aliphatic carbocycles. The monoisotopic (exact) mass is 256 g/mol. The van der Waals surface area contributed by atoms with E-state index < -0.39 is 20.8 Å². The Kier molecular flexibility index (Phi) is 7.33. The topological polar surface area (TPSA) is 89.3 Å². The molecule has 0 saturated carbocycles. The van der Waals surface area contributed by atoms with Crippen LogP contribution in [-0.2, 0) is 20.8 Å². The van der Waals surface area contributed by atoms with Crippen molar-refractivity contribution in [2.75, 3.05) is 25.1 Å². The maximum atomic E-state index is 11.4. The Morgan fingerprint density at radius 3 is 2.47 bits per heavy atom. The molecule has 5 nitrogen and oxygen atoms in total. The molecule has 7 heteroatoms. The smallest absolute Gasteiger partial charge is 0.211 e. The minimum absolute atomic E-state index is 0.0905. The number of hydrogen-bond acceptors (Lipinski definition) is 4. The largest absolute Gasteiger partial charge is 0.330 e. The fourth-order valence-electron chi connectivity index (χ4n) is 0.870. The zero-order chi connectivity index (χ0) is 11.9. The lowest BCUT2D eigenvalue weighted by Crippen LogP contribution is -2.34. The fraction of sp³-hybridized carbons (Fsp3) is 1.00. The van der Waals surface area contributed by atoms with Crippen LogP contribution in [0.25, 0.3) is 0 Å². The van der Waals surface area contributed by atoms with Crippen LogP contribution in [0.2, 0.25) is 0 Å². The second-order valence-corrected chi connectivity index (χ2v) is 7.20. The molecule has 0 aliphatic rings. The van der Waals surface area contributed by atoms with E-state index >= 15 is 0 Å². The number of hydrogen-bond donors (Lipinski definition) is 2. The molecule has 0 bridgehead atoms. The van der Waals surface area contributed by atoms with E-state index in [0.717, 1.165) is 0 Å². The first kappa shape index (κ1) is 15.0. The van der Waals surface area contributed by atoms with Gasteiger partial charge in [0, 0.05) is 28.9 Å². The van der Waals surface area contributed by atoms with Gasteiger partial charge in [-0.05, 0) is 26.3 Å². The van der Waals surface area contributed by atoms with Crippen LogP contribution in [-0.4, -0.2) is 43.0 Å². The van der Waals surface area contributed by atoms with Crippen molar-refractivity contribution < 1.29 is 12.6 Å². The lowest BCUT2D eigenvalue weighted by atomic mass is 10.3. The lowest BCUT2D eigenvalue weighted by molar-refractivity contribution is 0.576. The van der Waals surface area contributed by atoms with Crippen molar-refractivity contribution in [3.05, 3.63) is 0 Å². The minimum atomic E-state index is -3.22. The Bertz CT molecular complexity index is 290. The van der Waals surface area contributed by atoms with E-state index in [2.05, 4.69) is 4.72 Å². The van der Waals surface area contributed by atoms with Crippen LogP contribution in [0.15, 0.2) is 0 Å². The molecule has 0 radical (unpaired) electrons. The molecule has 0 aliphatic heterocycles. The third-order valence-electron chi connectivity index (χ3n) is 2.02. The van der Waals surface area contributed by atoms with Crippen molar-refractivity contribution in [2.45, 2.75) is 25.0 Å². The van der Waals surface area contributed by atoms with Gasteiger partial charge in [-0.2, -0.15) is 0 Å². The molecule has 2 atom stereocenters. The standard InChI is InChI=1S/C8H20N2O3S2/c1-8(14(2)11)7-10-15(12,13)6-4-3-5-9/h8,10H,3-7,9H2,1-2H3. The Balaban J connectivity index is 3.89. The van der Waals surface area contributed by atoms with E-state index in [0.29, 0.717) is 19.4 Å². The quantitative estimate of drug-likeness (QED) is 0.568. The van der Waals surface area contributed by atoms with E-state index in [-0.39, 0.29) is 17.5 Å². The minimum Gasteiger partial charge on any atom is -0.330 e. The lowest BCUT2D eigenvalue weighted by Gasteiger charge is -2.10. The van der Waals surface area contributed by atoms with Crippen molar-refractivity contribution in [3.8, 4) is 0 Å². The summed E-state index contributed by atoms with van der Waals surface area (Å²) in [5.74, 6) is 0.0905. The number of unbranched alkanes of at least 4 members (excludes halogenated alkanes) is 1. The van der Waals surface area contributed by atoms with Crippen LogP contribution in [0.3, 0.4) is 0 Å². The summed E-state index contributed by atoms with van der Waals surface area (Å²) < 4.78 is 36.2. The molecule has 0 rings (SSSR count). The zero-order valence-corrected chi connectivity index (χ0v) is 10.9. The van der Waals surface area contributed by atoms with Gasteiger partial charge < -0.3 is 5.73 Å². The molecule has 0 saturated heterocycles. The van der Waals surface area contributed by atoms with Crippen LogP contribution in [0.5, 0.6) is 0 Å². The van der Waals surface area contributed by atoms with E-state index in [1.54, 1.807) is 13.2 Å². The van der Waals surface area contributed by atoms with Gasteiger partial charge in [-0.15, -0.1) is 0 Å². The molecule has 0 aromatic heterocycles. The average molecular weight is 256 g/mol. The summed E-state index contributed by atoms with van der Waals surface area (Å²) >= 11 is 0. The molecule has 0 spiro atoms. The third-order valence-corrected chi connectivity index (χ3v) is 4.76. The average Bonchev–Trinajstić information content (AvgIpc) is 2.14. The molecule has 3 N–H and O–H groups in total. The van der Waals surface area contributed by atoms with Gasteiger partial charge in [-0.3, -0.25) is 4.21 Å². The van der Waals surface area contributed by atoms with Gasteiger partial charge in [0.05, 0.1) is 5.75 Å². The predicted molar refractivity (Wildman–Crippen MR) is 63.6 cm³/mol. The normalized spacial score (nSPS) is 16.2. The Morgan fingerprint density at radius 1 is 1.40 bits per heavy atom. The van der Waals surface area contributed by atoms with E-state index in [4.69, 9.17) is 5.73 Å². The third kappa shape index (κ3) is 7.89. The number of rotatable bonds is 8. The van der Waals surface area contributed by atoms with Crippen molar-refractivity contribution >= 4 is 20.8 Å². The molecule has 0 amide bonds. The Labute approximate surface area is 94.3 Å². The molecule has 0 heterocycles. The van der Waals surface area contributed by atoms with E-state index in [1.807, 2.05) is 0 Å². The summed E-state index contributed by atoms with van der Waals surface area (Å²) in [5.41, 5.74) is 5.26. The van der Waals surface area contributed by atoms with Crippen LogP contribution in [0, 0.1) is 0 Å². The number of sulfonamides is 1. The van der Waals surface area contributed by atoms with Gasteiger partial charge in [-0.25, -0.2) is 13.1 Å². The highest BCUT2D eigenvalue weighted by molar-refractivity contribution is 7.89. The first-order valence-corrected chi connectivity index (χ1v) is 8.16. The van der Waals surface area contributed by atoms with Crippen molar-refractivity contribution in [3.63, 3.8) is 0 Å². The summed E-state index contributed by atoms with van der Waals surface area (Å²) in [7, 11) is -4.22. The van der Waals surface area contributed by atoms with Crippen LogP contribution in [0.1, 0.15) is 19.8 Å². The molecular formula is C8H20N2O3S2. The molecule has 0 aromatic carbocycles. The molecule has 0 fully saturated rings. The second kappa shape index (κ2) is 7.32. The fourth-order valence-corrected chi connectivity index (χ4v) is 2.53. The summed E-state index contributed by atoms with van der Waals surface area (Å²) in [6.45, 7) is 2.48. The second-order valence-electron chi connectivity index (χ2n) is 3.47. The molecule has 2 unspecified atom stereocenters. The maximum Gasteiger partial charge on any atom is 0.211 e. The predicted octanol–water partition coefficient (Wildman–Crippen LogP) is -0.588. The Morgan fingerprint density at radius 2 is 2.00 bits per heavy atom. The molecule has 0 aromatic rings. The van der Waals surface area contributed by atoms with Crippen molar-refractivity contribution in [2.24, 2.45) is 5.73 Å². The zero-order valence-electron chi connectivity index (χ0n) is 9.23. The maximum absolute atomic E-state index is 11.4. The highest BCUT2D eigenvalue weighted by Crippen LogP contribution is 1.96. The van der Waals surface area contributed by atoms with Gasteiger partial charge in [0.1, 0.15) is 0 Å². The van der Waals surface area contributed by atoms with Crippen LogP contribution >= 0.6 is 0 Å². The van der Waals surface area contributed by atoms with Gasteiger partial charge >= 0.3 is 0 Å². The Hall–Kier alpha value is 0.0200. The van der Waals surface area contributed by atoms with E-state index in [9.17, 15) is 12.6 Å². The van der Waals surface area contributed by atoms with Gasteiger partial charge in [0.15, 0.2) is 0 Å². The molecular weight excluding hydrogens is 236 g/mol. The molecule has 15 heavy (non-hydrogen) atoms.